The number of aromatic nitrogens is 3. The molecule has 0 radical (unpaired) electrons. The van der Waals surface area contributed by atoms with E-state index in [2.05, 4.69) is 174 Å². The van der Waals surface area contributed by atoms with E-state index in [1.807, 2.05) is 35.7 Å². The monoisotopic (exact) mass is 967 g/mol. The minimum atomic E-state index is -0.0403. The number of hydrogen-bond acceptors (Lipinski definition) is 4. The van der Waals surface area contributed by atoms with Gasteiger partial charge in [-0.1, -0.05) is 132 Å². The van der Waals surface area contributed by atoms with Crippen molar-refractivity contribution >= 4 is 32.5 Å². The molecule has 296 valence electrons. The van der Waals surface area contributed by atoms with Gasteiger partial charge in [-0.2, -0.15) is 0 Å². The number of phenols is 1. The Morgan fingerprint density at radius 2 is 1.19 bits per heavy atom. The second-order valence-corrected chi connectivity index (χ2v) is 18.5. The van der Waals surface area contributed by atoms with Crippen LogP contribution in [0, 0.1) is 13.0 Å². The summed E-state index contributed by atoms with van der Waals surface area (Å²) in [6, 6.07) is 52.3. The van der Waals surface area contributed by atoms with Crippen molar-refractivity contribution in [1.29, 1.82) is 0 Å². The van der Waals surface area contributed by atoms with E-state index in [1.165, 1.54) is 37.1 Å². The Morgan fingerprint density at radius 1 is 0.576 bits per heavy atom. The zero-order valence-corrected chi connectivity index (χ0v) is 37.5. The first kappa shape index (κ1) is 40.2. The average molecular weight is 968 g/mol. The molecule has 9 aromatic rings. The number of para-hydroxylation sites is 3. The Labute approximate surface area is 365 Å². The predicted molar refractivity (Wildman–Crippen MR) is 244 cm³/mol. The molecule has 0 unspecified atom stereocenters. The third kappa shape index (κ3) is 7.71. The van der Waals surface area contributed by atoms with E-state index >= 15 is 0 Å². The van der Waals surface area contributed by atoms with Crippen molar-refractivity contribution in [2.75, 3.05) is 0 Å². The minimum Gasteiger partial charge on any atom is -0.507 e. The molecule has 0 saturated carbocycles. The van der Waals surface area contributed by atoms with E-state index in [-0.39, 0.29) is 37.6 Å². The smallest absolute Gasteiger partial charge is 0.124 e. The van der Waals surface area contributed by atoms with Gasteiger partial charge in [0, 0.05) is 71.1 Å². The molecule has 59 heavy (non-hydrogen) atoms. The van der Waals surface area contributed by atoms with Crippen molar-refractivity contribution in [3.8, 4) is 67.5 Å². The fourth-order valence-corrected chi connectivity index (χ4v) is 8.91. The summed E-state index contributed by atoms with van der Waals surface area (Å²) in [6.07, 6.45) is 1.90. The maximum atomic E-state index is 11.0. The molecule has 0 spiro atoms. The molecule has 0 bridgehead atoms. The molecule has 0 aliphatic heterocycles. The molecule has 1 N–H and O–H groups in total. The summed E-state index contributed by atoms with van der Waals surface area (Å²) in [5.41, 5.74) is 13.9. The molecule has 4 aromatic heterocycles. The van der Waals surface area contributed by atoms with E-state index in [4.69, 9.17) is 9.97 Å². The average Bonchev–Trinajstić information content (AvgIpc) is 3.75. The SMILES string of the molecule is Cc1cc2c3cccc(-c4ccnc(-c5[c-]c(-c6cc(-c7cc(C(C)(C)C)cc(C(C)(C)C)c7)cc(-c7ccccc7O)n6)ccc5)c4)c3n(-c3ccccc3)c2s1.[Pt]. The maximum Gasteiger partial charge on any atom is 0.124 e. The van der Waals surface area contributed by atoms with E-state index < -0.39 is 0 Å². The van der Waals surface area contributed by atoms with E-state index in [9.17, 15) is 5.11 Å². The van der Waals surface area contributed by atoms with Gasteiger partial charge in [0.05, 0.1) is 11.2 Å². The molecule has 0 atom stereocenters. The Balaban J connectivity index is 0.00000484. The molecule has 0 fully saturated rings. The maximum absolute atomic E-state index is 11.0. The quantitative estimate of drug-likeness (QED) is 0.169. The first-order chi connectivity index (χ1) is 27.8. The molecule has 6 heteroatoms. The number of pyridine rings is 2. The Hall–Kier alpha value is -5.61. The summed E-state index contributed by atoms with van der Waals surface area (Å²) in [7, 11) is 0. The second kappa shape index (κ2) is 15.5. The zero-order chi connectivity index (χ0) is 40.3. The molecular weight excluding hydrogens is 922 g/mol. The van der Waals surface area contributed by atoms with Crippen LogP contribution in [0.15, 0.2) is 146 Å². The van der Waals surface area contributed by atoms with Crippen LogP contribution in [-0.2, 0) is 31.9 Å². The van der Waals surface area contributed by atoms with Gasteiger partial charge in [-0.05, 0) is 88.0 Å². The van der Waals surface area contributed by atoms with Crippen LogP contribution in [0.4, 0.5) is 0 Å². The van der Waals surface area contributed by atoms with Crippen LogP contribution in [0.5, 0.6) is 5.75 Å². The van der Waals surface area contributed by atoms with Gasteiger partial charge in [0.15, 0.2) is 0 Å². The number of thiophene rings is 1. The molecule has 9 rings (SSSR count). The molecular formula is C53H46N3OPtS-. The summed E-state index contributed by atoms with van der Waals surface area (Å²) in [6.45, 7) is 15.8. The fraction of sp³-hybridized carbons (Fsp3) is 0.170. The van der Waals surface area contributed by atoms with E-state index in [0.717, 1.165) is 50.5 Å². The van der Waals surface area contributed by atoms with Crippen molar-refractivity contribution < 1.29 is 26.2 Å². The summed E-state index contributed by atoms with van der Waals surface area (Å²) < 4.78 is 2.41. The van der Waals surface area contributed by atoms with E-state index in [0.29, 0.717) is 11.3 Å². The van der Waals surface area contributed by atoms with Crippen molar-refractivity contribution in [2.45, 2.75) is 59.3 Å². The molecule has 4 heterocycles. The molecule has 5 aromatic carbocycles. The van der Waals surface area contributed by atoms with Gasteiger partial charge in [0.25, 0.3) is 0 Å². The van der Waals surface area contributed by atoms with Gasteiger partial charge >= 0.3 is 0 Å². The van der Waals surface area contributed by atoms with Crippen LogP contribution in [0.2, 0.25) is 0 Å². The standard InChI is InChI=1S/C53H46N3OS.Pt/c1-33-25-45-43-21-14-20-42(50(43)56(51(45)58-33)41-17-9-8-10-18-41)34-23-24-54-46(29-34)35-15-13-16-36(26-35)47-30-38(31-48(55-47)44-19-11-12-22-49(44)57)37-27-39(52(2,3)4)32-40(28-37)53(5,6)7;/h8-25,27-32,57H,1-7H3;/q-1;. The first-order valence-corrected chi connectivity index (χ1v) is 20.7. The largest absolute Gasteiger partial charge is 0.507 e. The number of aryl methyl sites for hydroxylation is 1. The van der Waals surface area contributed by atoms with E-state index in [1.54, 1.807) is 6.07 Å². The summed E-state index contributed by atoms with van der Waals surface area (Å²) >= 11 is 1.83. The van der Waals surface area contributed by atoms with Crippen molar-refractivity contribution in [3.63, 3.8) is 0 Å². The van der Waals surface area contributed by atoms with Gasteiger partial charge in [0.2, 0.25) is 0 Å². The third-order valence-corrected chi connectivity index (χ3v) is 12.1. The number of phenolic OH excluding ortho intramolecular Hbond substituents is 1. The van der Waals surface area contributed by atoms with Gasteiger partial charge in [0.1, 0.15) is 10.6 Å². The molecule has 0 amide bonds. The van der Waals surface area contributed by atoms with Crippen molar-refractivity contribution in [1.82, 2.24) is 14.5 Å². The summed E-state index contributed by atoms with van der Waals surface area (Å²) in [5, 5.41) is 13.5. The minimum absolute atomic E-state index is 0. The number of nitrogens with zero attached hydrogens (tertiary/aromatic N) is 3. The normalized spacial score (nSPS) is 11.9. The molecule has 0 aliphatic carbocycles. The number of hydrogen-bond donors (Lipinski definition) is 1. The Morgan fingerprint density at radius 3 is 1.90 bits per heavy atom. The van der Waals surface area contributed by atoms with Gasteiger partial charge in [-0.15, -0.1) is 35.6 Å². The Kier molecular flexibility index (Phi) is 10.6. The van der Waals surface area contributed by atoms with Crippen LogP contribution < -0.4 is 0 Å². The third-order valence-electron chi connectivity index (χ3n) is 11.0. The van der Waals surface area contributed by atoms with Gasteiger partial charge in [-0.25, -0.2) is 0 Å². The summed E-state index contributed by atoms with van der Waals surface area (Å²) in [5.74, 6) is 0.194. The molecule has 0 saturated heterocycles. The molecule has 4 nitrogen and oxygen atoms in total. The molecule has 0 aliphatic rings. The van der Waals surface area contributed by atoms with Crippen molar-refractivity contribution in [2.24, 2.45) is 0 Å². The van der Waals surface area contributed by atoms with Crippen LogP contribution in [0.3, 0.4) is 0 Å². The number of aromatic hydroxyl groups is 1. The van der Waals surface area contributed by atoms with Crippen LogP contribution >= 0.6 is 11.3 Å². The van der Waals surface area contributed by atoms with Crippen molar-refractivity contribution in [3.05, 3.63) is 168 Å². The van der Waals surface area contributed by atoms with Crippen LogP contribution in [0.25, 0.3) is 82.8 Å². The number of benzene rings is 5. The predicted octanol–water partition coefficient (Wildman–Crippen LogP) is 14.4. The number of fused-ring (bicyclic) bond motifs is 3. The van der Waals surface area contributed by atoms with Crippen LogP contribution in [0.1, 0.15) is 57.5 Å². The van der Waals surface area contributed by atoms with Gasteiger partial charge in [-0.3, -0.25) is 9.97 Å². The fourth-order valence-electron chi connectivity index (χ4n) is 7.86. The second-order valence-electron chi connectivity index (χ2n) is 17.3. The first-order valence-electron chi connectivity index (χ1n) is 19.9. The summed E-state index contributed by atoms with van der Waals surface area (Å²) in [4.78, 5) is 12.6. The zero-order valence-electron chi connectivity index (χ0n) is 34.4. The van der Waals surface area contributed by atoms with Crippen LogP contribution in [-0.4, -0.2) is 19.6 Å². The topological polar surface area (TPSA) is 50.9 Å². The Bertz CT molecular complexity index is 2970. The number of rotatable bonds is 6. The van der Waals surface area contributed by atoms with Gasteiger partial charge < -0.3 is 9.67 Å².